The number of carbonyl (C=O) groups is 4. The number of fused-ring (bicyclic) bond motifs is 4. The Balaban J connectivity index is 1.10. The molecule has 4 amide bonds. The smallest absolute Gasteiger partial charge is 0.266 e. The zero-order valence-electron chi connectivity index (χ0n) is 33.0. The molecule has 0 saturated heterocycles. The molecular weight excluding hydrogens is 717 g/mol. The van der Waals surface area contributed by atoms with Crippen molar-refractivity contribution in [2.75, 3.05) is 4.90 Å². The summed E-state index contributed by atoms with van der Waals surface area (Å²) in [5, 5.41) is 13.9. The lowest BCUT2D eigenvalue weighted by Gasteiger charge is -2.36. The summed E-state index contributed by atoms with van der Waals surface area (Å²) in [5.41, 5.74) is 4.98. The van der Waals surface area contributed by atoms with Crippen LogP contribution in [0.1, 0.15) is 124 Å². The Bertz CT molecular complexity index is 3170. The van der Waals surface area contributed by atoms with Crippen LogP contribution < -0.4 is 4.90 Å². The van der Waals surface area contributed by atoms with Crippen LogP contribution >= 0.6 is 0 Å². The number of hydrogen-bond acceptors (Lipinski definition) is 4. The standard InChI is InChI=1S/C52H40N2O4/c1-25(2)28-11-8-12-29(26(3)4)48(28)54-51(57)40-23-19-36-32-15-13-30-34-17-21-38-46-39(50(56)53(49(38)55)27-9-6-5-7-10-27)22-18-35(44(34)46)31-14-16-33(43(32)42(30)31)37-20-24-41(52(54)58)47(40)45(36)37/h8,11-27H,5-7,9-10H2,1-4H3. The van der Waals surface area contributed by atoms with Crippen molar-refractivity contribution in [1.29, 1.82) is 0 Å². The van der Waals surface area contributed by atoms with E-state index in [1.54, 1.807) is 4.90 Å². The number of carbonyl (C=O) groups excluding carboxylic acids is 4. The van der Waals surface area contributed by atoms with Crippen molar-refractivity contribution in [3.63, 3.8) is 0 Å². The molecule has 0 atom stereocenters. The summed E-state index contributed by atoms with van der Waals surface area (Å²) < 4.78 is 0. The summed E-state index contributed by atoms with van der Waals surface area (Å²) in [7, 11) is 0. The molecular formula is C52H40N2O4. The average Bonchev–Trinajstić information content (AvgIpc) is 3.24. The van der Waals surface area contributed by atoms with E-state index in [-0.39, 0.29) is 41.5 Å². The summed E-state index contributed by atoms with van der Waals surface area (Å²) in [6, 6.07) is 30.8. The molecule has 2 aliphatic heterocycles. The zero-order chi connectivity index (χ0) is 39.5. The van der Waals surface area contributed by atoms with Crippen LogP contribution in [0.25, 0.3) is 75.4 Å². The molecule has 9 aromatic rings. The van der Waals surface area contributed by atoms with Crippen LogP contribution in [0.15, 0.2) is 91.0 Å². The zero-order valence-corrected chi connectivity index (χ0v) is 33.0. The van der Waals surface area contributed by atoms with Crippen molar-refractivity contribution >= 4 is 105 Å². The topological polar surface area (TPSA) is 74.8 Å². The molecule has 0 spiro atoms. The van der Waals surface area contributed by atoms with Gasteiger partial charge < -0.3 is 0 Å². The third-order valence-electron chi connectivity index (χ3n) is 13.9. The monoisotopic (exact) mass is 756 g/mol. The highest BCUT2D eigenvalue weighted by Gasteiger charge is 2.40. The Morgan fingerprint density at radius 3 is 1.10 bits per heavy atom. The fourth-order valence-corrected chi connectivity index (χ4v) is 11.3. The van der Waals surface area contributed by atoms with Gasteiger partial charge in [-0.25, -0.2) is 4.90 Å². The molecule has 0 N–H and O–H groups in total. The van der Waals surface area contributed by atoms with Crippen molar-refractivity contribution in [3.8, 4) is 0 Å². The van der Waals surface area contributed by atoms with Gasteiger partial charge in [-0.15, -0.1) is 0 Å². The van der Waals surface area contributed by atoms with Crippen LogP contribution in [-0.4, -0.2) is 34.6 Å². The lowest BCUT2D eigenvalue weighted by Crippen LogP contribution is -2.47. The summed E-state index contributed by atoms with van der Waals surface area (Å²) in [5.74, 6) is -0.696. The number of hydrogen-bond donors (Lipinski definition) is 0. The molecule has 6 nitrogen and oxygen atoms in total. The van der Waals surface area contributed by atoms with Crippen LogP contribution in [0.5, 0.6) is 0 Å². The maximum Gasteiger partial charge on any atom is 0.266 e. The molecule has 12 rings (SSSR count). The van der Waals surface area contributed by atoms with Gasteiger partial charge in [-0.1, -0.05) is 114 Å². The first-order chi connectivity index (χ1) is 28.2. The Morgan fingerprint density at radius 1 is 0.414 bits per heavy atom. The average molecular weight is 757 g/mol. The number of imide groups is 2. The lowest BCUT2D eigenvalue weighted by molar-refractivity contribution is 0.0502. The van der Waals surface area contributed by atoms with Gasteiger partial charge in [-0.05, 0) is 125 Å². The first-order valence-corrected chi connectivity index (χ1v) is 20.9. The second kappa shape index (κ2) is 11.6. The van der Waals surface area contributed by atoms with Gasteiger partial charge in [-0.3, -0.25) is 24.1 Å². The fraction of sp³-hybridized carbons (Fsp3) is 0.231. The quantitative estimate of drug-likeness (QED) is 0.102. The normalized spacial score (nSPS) is 16.6. The minimum absolute atomic E-state index is 0.0518. The van der Waals surface area contributed by atoms with Crippen LogP contribution in [0, 0.1) is 0 Å². The van der Waals surface area contributed by atoms with Crippen LogP contribution in [0.3, 0.4) is 0 Å². The number of rotatable bonds is 4. The van der Waals surface area contributed by atoms with Gasteiger partial charge in [0.1, 0.15) is 0 Å². The third kappa shape index (κ3) is 4.07. The molecule has 6 heteroatoms. The molecule has 0 unspecified atom stereocenters. The van der Waals surface area contributed by atoms with Crippen molar-refractivity contribution in [2.24, 2.45) is 0 Å². The second-order valence-electron chi connectivity index (χ2n) is 17.5. The number of benzene rings is 9. The van der Waals surface area contributed by atoms with Gasteiger partial charge >= 0.3 is 0 Å². The number of amides is 4. The molecule has 3 aliphatic rings. The van der Waals surface area contributed by atoms with E-state index in [9.17, 15) is 19.2 Å². The van der Waals surface area contributed by atoms with E-state index in [4.69, 9.17) is 0 Å². The van der Waals surface area contributed by atoms with E-state index in [1.165, 1.54) is 4.90 Å². The molecule has 0 radical (unpaired) electrons. The molecule has 2 heterocycles. The third-order valence-corrected chi connectivity index (χ3v) is 13.9. The summed E-state index contributed by atoms with van der Waals surface area (Å²) in [6.07, 6.45) is 4.95. The molecule has 282 valence electrons. The van der Waals surface area contributed by atoms with Crippen LogP contribution in [0.2, 0.25) is 0 Å². The summed E-state index contributed by atoms with van der Waals surface area (Å²) >= 11 is 0. The van der Waals surface area contributed by atoms with Gasteiger partial charge in [0.25, 0.3) is 23.6 Å². The predicted molar refractivity (Wildman–Crippen MR) is 234 cm³/mol. The lowest BCUT2D eigenvalue weighted by atomic mass is 9.80. The van der Waals surface area contributed by atoms with E-state index in [2.05, 4.69) is 76.2 Å². The highest BCUT2D eigenvalue weighted by molar-refractivity contribution is 6.46. The molecule has 0 bridgehead atoms. The van der Waals surface area contributed by atoms with Crippen LogP contribution in [0.4, 0.5) is 5.69 Å². The van der Waals surface area contributed by atoms with E-state index in [0.717, 1.165) is 119 Å². The Hall–Kier alpha value is -6.40. The Morgan fingerprint density at radius 2 is 0.741 bits per heavy atom. The largest absolute Gasteiger partial charge is 0.271 e. The Kier molecular flexibility index (Phi) is 6.74. The van der Waals surface area contributed by atoms with E-state index < -0.39 is 0 Å². The van der Waals surface area contributed by atoms with Gasteiger partial charge in [0.2, 0.25) is 0 Å². The van der Waals surface area contributed by atoms with Gasteiger partial charge in [0, 0.05) is 39.1 Å². The minimum Gasteiger partial charge on any atom is -0.271 e. The van der Waals surface area contributed by atoms with Gasteiger partial charge in [0.15, 0.2) is 0 Å². The second-order valence-corrected chi connectivity index (χ2v) is 17.5. The maximum atomic E-state index is 14.7. The van der Waals surface area contributed by atoms with Crippen molar-refractivity contribution in [2.45, 2.75) is 77.7 Å². The molecule has 1 saturated carbocycles. The van der Waals surface area contributed by atoms with Crippen molar-refractivity contribution in [3.05, 3.63) is 124 Å². The van der Waals surface area contributed by atoms with Crippen LogP contribution in [-0.2, 0) is 0 Å². The molecule has 58 heavy (non-hydrogen) atoms. The maximum absolute atomic E-state index is 14.7. The van der Waals surface area contributed by atoms with E-state index in [0.29, 0.717) is 27.9 Å². The molecule has 9 aromatic carbocycles. The first kappa shape index (κ1) is 33.7. The molecule has 0 aromatic heterocycles. The van der Waals surface area contributed by atoms with E-state index >= 15 is 0 Å². The Labute approximate surface area is 334 Å². The highest BCUT2D eigenvalue weighted by atomic mass is 16.2. The number of para-hydroxylation sites is 1. The van der Waals surface area contributed by atoms with Gasteiger partial charge in [0.05, 0.1) is 5.69 Å². The van der Waals surface area contributed by atoms with E-state index in [1.807, 2.05) is 42.5 Å². The molecule has 1 fully saturated rings. The van der Waals surface area contributed by atoms with Crippen molar-refractivity contribution < 1.29 is 19.2 Å². The number of anilines is 1. The summed E-state index contributed by atoms with van der Waals surface area (Å²) in [4.78, 5) is 60.8. The highest BCUT2D eigenvalue weighted by Crippen LogP contribution is 2.51. The summed E-state index contributed by atoms with van der Waals surface area (Å²) in [6.45, 7) is 8.42. The molecule has 1 aliphatic carbocycles. The predicted octanol–water partition coefficient (Wildman–Crippen LogP) is 12.6. The van der Waals surface area contributed by atoms with Gasteiger partial charge in [-0.2, -0.15) is 0 Å². The SMILES string of the molecule is CC(C)c1cccc(C(C)C)c1N1C(=O)c2ccc3c4ccc5c6ccc7c8c(ccc(c9ccc(c%10ccc(c2c3%10)C1=O)c4c59)c86)C(=O)N(C1CCCCC1)C7=O. The fourth-order valence-electron chi connectivity index (χ4n) is 11.3. The number of nitrogens with zero attached hydrogens (tertiary/aromatic N) is 2. The minimum atomic E-state index is -0.289. The van der Waals surface area contributed by atoms with Crippen molar-refractivity contribution in [1.82, 2.24) is 4.90 Å². The first-order valence-electron chi connectivity index (χ1n) is 20.9.